The van der Waals surface area contributed by atoms with Crippen LogP contribution in [-0.2, 0) is 0 Å². The van der Waals surface area contributed by atoms with Crippen molar-refractivity contribution in [2.24, 2.45) is 10.9 Å². The van der Waals surface area contributed by atoms with Crippen LogP contribution >= 0.6 is 0 Å². The quantitative estimate of drug-likeness (QED) is 0.362. The normalized spacial score (nSPS) is 12.7. The van der Waals surface area contributed by atoms with Crippen LogP contribution in [0.25, 0.3) is 0 Å². The second kappa shape index (κ2) is 6.65. The monoisotopic (exact) mass is 281 g/mol. The minimum Gasteiger partial charge on any atom is -0.497 e. The van der Waals surface area contributed by atoms with E-state index in [9.17, 15) is 4.79 Å². The Hall–Kier alpha value is -2.44. The Morgan fingerprint density at radius 3 is 2.20 bits per heavy atom. The van der Waals surface area contributed by atoms with Crippen molar-refractivity contribution in [3.8, 4) is 11.5 Å². The van der Waals surface area contributed by atoms with Gasteiger partial charge in [-0.15, -0.1) is 0 Å². The van der Waals surface area contributed by atoms with Crippen LogP contribution in [-0.4, -0.2) is 49.2 Å². The summed E-state index contributed by atoms with van der Waals surface area (Å²) in [4.78, 5) is 13.7. The van der Waals surface area contributed by atoms with Crippen LogP contribution in [0, 0.1) is 0 Å². The number of nitrogens with zero attached hydrogens (tertiary/aromatic N) is 2. The molecule has 0 fully saturated rings. The first-order valence-electron chi connectivity index (χ1n) is 5.92. The highest BCUT2D eigenvalue weighted by atomic mass is 16.5. The number of likely N-dealkylation sites (N-methyl/N-ethyl adjacent to an activating group) is 1. The molecule has 3 N–H and O–H groups in total. The first kappa shape index (κ1) is 15.6. The number of benzene rings is 1. The fraction of sp³-hybridized carbons (Fsp3) is 0.385. The van der Waals surface area contributed by atoms with Gasteiger partial charge in [-0.2, -0.15) is 0 Å². The van der Waals surface area contributed by atoms with E-state index in [-0.39, 0.29) is 11.7 Å². The van der Waals surface area contributed by atoms with E-state index in [1.165, 1.54) is 19.1 Å². The molecule has 7 heteroatoms. The predicted octanol–water partition coefficient (Wildman–Crippen LogP) is 0.911. The highest BCUT2D eigenvalue weighted by Crippen LogP contribution is 2.23. The van der Waals surface area contributed by atoms with E-state index < -0.39 is 6.04 Å². The zero-order valence-electron chi connectivity index (χ0n) is 12.0. The molecular weight excluding hydrogens is 262 g/mol. The van der Waals surface area contributed by atoms with Crippen molar-refractivity contribution in [1.82, 2.24) is 4.90 Å². The molecule has 0 aliphatic carbocycles. The number of ether oxygens (including phenoxy) is 2. The van der Waals surface area contributed by atoms with Crippen molar-refractivity contribution in [2.75, 3.05) is 21.3 Å². The third kappa shape index (κ3) is 3.31. The molecule has 0 aliphatic rings. The largest absolute Gasteiger partial charge is 0.497 e. The second-order valence-electron chi connectivity index (χ2n) is 4.22. The first-order valence-corrected chi connectivity index (χ1v) is 5.92. The number of rotatable bonds is 5. The molecule has 110 valence electrons. The standard InChI is InChI=1S/C13H19N3O4/c1-8(12(14)15-18)16(2)13(17)9-5-10(19-3)7-11(6-9)20-4/h5-8,18H,1-4H3,(H2,14,15). The summed E-state index contributed by atoms with van der Waals surface area (Å²) in [6.07, 6.45) is 0. The van der Waals surface area contributed by atoms with Crippen LogP contribution < -0.4 is 15.2 Å². The molecule has 0 heterocycles. The van der Waals surface area contributed by atoms with Crippen LogP contribution in [0.15, 0.2) is 23.4 Å². The summed E-state index contributed by atoms with van der Waals surface area (Å²) in [7, 11) is 4.58. The third-order valence-corrected chi connectivity index (χ3v) is 3.04. The molecule has 1 rings (SSSR count). The zero-order chi connectivity index (χ0) is 15.3. The fourth-order valence-electron chi connectivity index (χ4n) is 1.59. The Labute approximate surface area is 117 Å². The molecule has 0 bridgehead atoms. The van der Waals surface area contributed by atoms with Crippen molar-refractivity contribution in [3.63, 3.8) is 0 Å². The van der Waals surface area contributed by atoms with Crippen molar-refractivity contribution in [1.29, 1.82) is 0 Å². The SMILES string of the molecule is COc1cc(OC)cc(C(=O)N(C)C(C)C(N)=NO)c1. The van der Waals surface area contributed by atoms with Crippen LogP contribution in [0.3, 0.4) is 0 Å². The number of carbonyl (C=O) groups is 1. The summed E-state index contributed by atoms with van der Waals surface area (Å²) in [6, 6.07) is 4.33. The van der Waals surface area contributed by atoms with Gasteiger partial charge in [-0.1, -0.05) is 5.16 Å². The molecule has 0 radical (unpaired) electrons. The second-order valence-corrected chi connectivity index (χ2v) is 4.22. The molecule has 0 aliphatic heterocycles. The van der Waals surface area contributed by atoms with Gasteiger partial charge in [0.05, 0.1) is 20.3 Å². The lowest BCUT2D eigenvalue weighted by atomic mass is 10.1. The number of nitrogens with two attached hydrogens (primary N) is 1. The number of oxime groups is 1. The number of amidine groups is 1. The molecule has 0 aromatic heterocycles. The van der Waals surface area contributed by atoms with Gasteiger partial charge in [-0.05, 0) is 19.1 Å². The number of methoxy groups -OCH3 is 2. The van der Waals surface area contributed by atoms with Gasteiger partial charge >= 0.3 is 0 Å². The summed E-state index contributed by atoms with van der Waals surface area (Å²) in [5.41, 5.74) is 5.89. The maximum Gasteiger partial charge on any atom is 0.254 e. The Kier molecular flexibility index (Phi) is 5.19. The molecule has 7 nitrogen and oxygen atoms in total. The lowest BCUT2D eigenvalue weighted by Gasteiger charge is -2.24. The van der Waals surface area contributed by atoms with Gasteiger partial charge in [-0.25, -0.2) is 0 Å². The lowest BCUT2D eigenvalue weighted by molar-refractivity contribution is 0.0775. The van der Waals surface area contributed by atoms with E-state index in [0.717, 1.165) is 0 Å². The number of hydrogen-bond acceptors (Lipinski definition) is 5. The smallest absolute Gasteiger partial charge is 0.254 e. The summed E-state index contributed by atoms with van der Waals surface area (Å²) >= 11 is 0. The molecule has 1 amide bonds. The van der Waals surface area contributed by atoms with Crippen molar-refractivity contribution in [3.05, 3.63) is 23.8 Å². The summed E-state index contributed by atoms with van der Waals surface area (Å²) in [5.74, 6) is 0.687. The van der Waals surface area contributed by atoms with Crippen LogP contribution in [0.2, 0.25) is 0 Å². The lowest BCUT2D eigenvalue weighted by Crippen LogP contribution is -2.43. The molecule has 0 saturated heterocycles. The molecule has 1 unspecified atom stereocenters. The summed E-state index contributed by atoms with van der Waals surface area (Å²) in [5, 5.41) is 11.6. The highest BCUT2D eigenvalue weighted by molar-refractivity contribution is 5.98. The summed E-state index contributed by atoms with van der Waals surface area (Å²) in [6.45, 7) is 1.66. The maximum absolute atomic E-state index is 12.4. The van der Waals surface area contributed by atoms with Gasteiger partial charge in [0.25, 0.3) is 5.91 Å². The minimum absolute atomic E-state index is 0.0456. The van der Waals surface area contributed by atoms with Gasteiger partial charge in [0.1, 0.15) is 11.5 Å². The number of hydrogen-bond donors (Lipinski definition) is 2. The van der Waals surface area contributed by atoms with Crippen molar-refractivity contribution in [2.45, 2.75) is 13.0 Å². The Balaban J connectivity index is 3.08. The fourth-order valence-corrected chi connectivity index (χ4v) is 1.59. The van der Waals surface area contributed by atoms with Gasteiger partial charge in [0.2, 0.25) is 0 Å². The predicted molar refractivity (Wildman–Crippen MR) is 74.5 cm³/mol. The highest BCUT2D eigenvalue weighted by Gasteiger charge is 2.21. The molecule has 0 spiro atoms. The summed E-state index contributed by atoms with van der Waals surface area (Å²) < 4.78 is 10.2. The van der Waals surface area contributed by atoms with E-state index in [0.29, 0.717) is 17.1 Å². The zero-order valence-corrected chi connectivity index (χ0v) is 12.0. The number of carbonyl (C=O) groups excluding carboxylic acids is 1. The molecule has 20 heavy (non-hydrogen) atoms. The van der Waals surface area contributed by atoms with Gasteiger partial charge in [0.15, 0.2) is 5.84 Å². The molecule has 1 aromatic rings. The molecule has 0 saturated carbocycles. The van der Waals surface area contributed by atoms with Crippen LogP contribution in [0.1, 0.15) is 17.3 Å². The maximum atomic E-state index is 12.4. The Morgan fingerprint density at radius 1 is 1.30 bits per heavy atom. The Bertz CT molecular complexity index is 494. The van der Waals surface area contributed by atoms with E-state index in [4.69, 9.17) is 20.4 Å². The third-order valence-electron chi connectivity index (χ3n) is 3.04. The van der Waals surface area contributed by atoms with Gasteiger partial charge in [0, 0.05) is 18.7 Å². The van der Waals surface area contributed by atoms with Crippen LogP contribution in [0.4, 0.5) is 0 Å². The molecule has 1 aromatic carbocycles. The average molecular weight is 281 g/mol. The van der Waals surface area contributed by atoms with Crippen LogP contribution in [0.5, 0.6) is 11.5 Å². The minimum atomic E-state index is -0.537. The van der Waals surface area contributed by atoms with E-state index in [1.54, 1.807) is 32.2 Å². The molecular formula is C13H19N3O4. The first-order chi connectivity index (χ1) is 9.44. The van der Waals surface area contributed by atoms with E-state index >= 15 is 0 Å². The number of amides is 1. The van der Waals surface area contributed by atoms with E-state index in [2.05, 4.69) is 5.16 Å². The van der Waals surface area contributed by atoms with Gasteiger partial charge in [-0.3, -0.25) is 4.79 Å². The topological polar surface area (TPSA) is 97.4 Å². The Morgan fingerprint density at radius 2 is 1.80 bits per heavy atom. The van der Waals surface area contributed by atoms with Crippen molar-refractivity contribution >= 4 is 11.7 Å². The van der Waals surface area contributed by atoms with Crippen molar-refractivity contribution < 1.29 is 19.5 Å². The van der Waals surface area contributed by atoms with E-state index in [1.807, 2.05) is 0 Å². The van der Waals surface area contributed by atoms with Gasteiger partial charge < -0.3 is 25.3 Å². The molecule has 1 atom stereocenters. The average Bonchev–Trinajstić information content (AvgIpc) is 2.50.